The number of hydrogen-bond donors (Lipinski definition) is 1. The summed E-state index contributed by atoms with van der Waals surface area (Å²) in [4.78, 5) is 1.28. The molecule has 19 heavy (non-hydrogen) atoms. The monoisotopic (exact) mass is 279 g/mol. The summed E-state index contributed by atoms with van der Waals surface area (Å²) in [6.07, 6.45) is 9.14. The molecule has 1 aliphatic carbocycles. The van der Waals surface area contributed by atoms with Crippen molar-refractivity contribution in [1.82, 2.24) is 5.32 Å². The molecular weight excluding hydrogens is 254 g/mol. The van der Waals surface area contributed by atoms with Crippen molar-refractivity contribution in [3.05, 3.63) is 24.3 Å². The van der Waals surface area contributed by atoms with E-state index in [1.54, 1.807) is 11.8 Å². The highest BCUT2D eigenvalue weighted by Gasteiger charge is 2.14. The number of ether oxygens (including phenoxy) is 1. The van der Waals surface area contributed by atoms with Crippen molar-refractivity contribution in [3.8, 4) is 5.75 Å². The number of rotatable bonds is 6. The first-order valence-corrected chi connectivity index (χ1v) is 8.54. The predicted molar refractivity (Wildman–Crippen MR) is 83.2 cm³/mol. The Labute approximate surface area is 121 Å². The quantitative estimate of drug-likeness (QED) is 0.792. The molecule has 0 aliphatic heterocycles. The first-order chi connectivity index (χ1) is 9.28. The molecule has 1 N–H and O–H groups in total. The fourth-order valence-corrected chi connectivity index (χ4v) is 2.98. The molecule has 0 aromatic heterocycles. The van der Waals surface area contributed by atoms with Crippen LogP contribution in [0.2, 0.25) is 0 Å². The van der Waals surface area contributed by atoms with E-state index in [1.807, 2.05) is 0 Å². The Balaban J connectivity index is 1.71. The third kappa shape index (κ3) is 5.07. The summed E-state index contributed by atoms with van der Waals surface area (Å²) < 4.78 is 5.93. The van der Waals surface area contributed by atoms with Crippen molar-refractivity contribution in [2.75, 3.05) is 12.8 Å². The second-order valence-corrected chi connectivity index (χ2v) is 6.23. The third-order valence-electron chi connectivity index (χ3n) is 3.70. The summed E-state index contributed by atoms with van der Waals surface area (Å²) in [5.74, 6) is 0.968. The van der Waals surface area contributed by atoms with Crippen LogP contribution in [0.15, 0.2) is 29.2 Å². The zero-order chi connectivity index (χ0) is 13.5. The van der Waals surface area contributed by atoms with Gasteiger partial charge in [-0.3, -0.25) is 0 Å². The van der Waals surface area contributed by atoms with Crippen LogP contribution >= 0.6 is 11.8 Å². The van der Waals surface area contributed by atoms with Gasteiger partial charge in [-0.05, 0) is 50.3 Å². The van der Waals surface area contributed by atoms with Crippen molar-refractivity contribution in [2.45, 2.75) is 56.1 Å². The van der Waals surface area contributed by atoms with E-state index in [4.69, 9.17) is 4.74 Å². The van der Waals surface area contributed by atoms with Crippen LogP contribution in [0.25, 0.3) is 0 Å². The average molecular weight is 279 g/mol. The molecule has 3 heteroatoms. The van der Waals surface area contributed by atoms with E-state index in [1.165, 1.54) is 37.0 Å². The van der Waals surface area contributed by atoms with Gasteiger partial charge in [-0.25, -0.2) is 0 Å². The predicted octanol–water partition coefficient (Wildman–Crippen LogP) is 4.10. The zero-order valence-electron chi connectivity index (χ0n) is 12.0. The molecule has 1 aromatic rings. The molecule has 1 saturated carbocycles. The van der Waals surface area contributed by atoms with Gasteiger partial charge in [-0.1, -0.05) is 19.3 Å². The molecule has 106 valence electrons. The van der Waals surface area contributed by atoms with Crippen LogP contribution < -0.4 is 10.1 Å². The minimum Gasteiger partial charge on any atom is -0.489 e. The van der Waals surface area contributed by atoms with Gasteiger partial charge in [0.05, 0.1) is 0 Å². The SMILES string of the molecule is CSc1ccc(OC(C)CNC2CCCCC2)cc1. The highest BCUT2D eigenvalue weighted by molar-refractivity contribution is 7.98. The van der Waals surface area contributed by atoms with E-state index in [-0.39, 0.29) is 6.10 Å². The molecule has 0 heterocycles. The summed E-state index contributed by atoms with van der Waals surface area (Å²) in [6, 6.07) is 9.05. The summed E-state index contributed by atoms with van der Waals surface area (Å²) >= 11 is 1.76. The number of thioether (sulfide) groups is 1. The smallest absolute Gasteiger partial charge is 0.119 e. The highest BCUT2D eigenvalue weighted by Crippen LogP contribution is 2.20. The normalized spacial score (nSPS) is 18.2. The summed E-state index contributed by atoms with van der Waals surface area (Å²) in [5, 5.41) is 3.64. The molecular formula is C16H25NOS. The number of nitrogens with one attached hydrogen (secondary N) is 1. The topological polar surface area (TPSA) is 21.3 Å². The van der Waals surface area contributed by atoms with Gasteiger partial charge in [-0.2, -0.15) is 0 Å². The lowest BCUT2D eigenvalue weighted by Gasteiger charge is -2.25. The molecule has 0 bridgehead atoms. The van der Waals surface area contributed by atoms with Crippen molar-refractivity contribution in [2.24, 2.45) is 0 Å². The van der Waals surface area contributed by atoms with Crippen LogP contribution in [-0.2, 0) is 0 Å². The Hall–Kier alpha value is -0.670. The van der Waals surface area contributed by atoms with Crippen LogP contribution in [0.1, 0.15) is 39.0 Å². The number of benzene rings is 1. The Bertz CT molecular complexity index is 360. The van der Waals surface area contributed by atoms with E-state index in [9.17, 15) is 0 Å². The largest absolute Gasteiger partial charge is 0.489 e. The van der Waals surface area contributed by atoms with Crippen LogP contribution in [0.3, 0.4) is 0 Å². The van der Waals surface area contributed by atoms with Crippen molar-refractivity contribution in [1.29, 1.82) is 0 Å². The van der Waals surface area contributed by atoms with Crippen LogP contribution in [-0.4, -0.2) is 24.9 Å². The Kier molecular flexibility index (Phi) is 6.05. The van der Waals surface area contributed by atoms with Crippen LogP contribution in [0.5, 0.6) is 5.75 Å². The zero-order valence-corrected chi connectivity index (χ0v) is 12.8. The molecule has 0 spiro atoms. The molecule has 0 saturated heterocycles. The maximum absolute atomic E-state index is 5.93. The van der Waals surface area contributed by atoms with E-state index >= 15 is 0 Å². The Morgan fingerprint density at radius 3 is 2.53 bits per heavy atom. The molecule has 1 atom stereocenters. The minimum absolute atomic E-state index is 0.224. The van der Waals surface area contributed by atoms with Gasteiger partial charge in [-0.15, -0.1) is 11.8 Å². The van der Waals surface area contributed by atoms with E-state index < -0.39 is 0 Å². The summed E-state index contributed by atoms with van der Waals surface area (Å²) in [6.45, 7) is 3.08. The second kappa shape index (κ2) is 7.81. The average Bonchev–Trinajstić information content (AvgIpc) is 2.47. The van der Waals surface area contributed by atoms with Crippen molar-refractivity contribution >= 4 is 11.8 Å². The first kappa shape index (κ1) is 14.7. The molecule has 1 unspecified atom stereocenters. The Morgan fingerprint density at radius 1 is 1.21 bits per heavy atom. The Morgan fingerprint density at radius 2 is 1.89 bits per heavy atom. The second-order valence-electron chi connectivity index (χ2n) is 5.35. The van der Waals surface area contributed by atoms with Crippen LogP contribution in [0, 0.1) is 0 Å². The van der Waals surface area contributed by atoms with Gasteiger partial charge < -0.3 is 10.1 Å². The molecule has 0 radical (unpaired) electrons. The molecule has 0 amide bonds. The number of hydrogen-bond acceptors (Lipinski definition) is 3. The first-order valence-electron chi connectivity index (χ1n) is 7.32. The van der Waals surface area contributed by atoms with Gasteiger partial charge >= 0.3 is 0 Å². The van der Waals surface area contributed by atoms with Crippen molar-refractivity contribution in [3.63, 3.8) is 0 Å². The fourth-order valence-electron chi connectivity index (χ4n) is 2.57. The molecule has 2 rings (SSSR count). The molecule has 1 aliphatic rings. The van der Waals surface area contributed by atoms with Gasteiger partial charge in [0.25, 0.3) is 0 Å². The lowest BCUT2D eigenvalue weighted by atomic mass is 9.95. The van der Waals surface area contributed by atoms with Gasteiger partial charge in [0, 0.05) is 17.5 Å². The molecule has 2 nitrogen and oxygen atoms in total. The summed E-state index contributed by atoms with van der Waals surface area (Å²) in [5.41, 5.74) is 0. The molecule has 1 fully saturated rings. The van der Waals surface area contributed by atoms with Crippen LogP contribution in [0.4, 0.5) is 0 Å². The minimum atomic E-state index is 0.224. The molecule has 1 aromatic carbocycles. The highest BCUT2D eigenvalue weighted by atomic mass is 32.2. The maximum atomic E-state index is 5.93. The van der Waals surface area contributed by atoms with E-state index in [2.05, 4.69) is 42.8 Å². The van der Waals surface area contributed by atoms with Crippen molar-refractivity contribution < 1.29 is 4.74 Å². The summed E-state index contributed by atoms with van der Waals surface area (Å²) in [7, 11) is 0. The van der Waals surface area contributed by atoms with E-state index in [0.29, 0.717) is 6.04 Å². The lowest BCUT2D eigenvalue weighted by molar-refractivity contribution is 0.205. The lowest BCUT2D eigenvalue weighted by Crippen LogP contribution is -2.37. The maximum Gasteiger partial charge on any atom is 0.119 e. The fraction of sp³-hybridized carbons (Fsp3) is 0.625. The van der Waals surface area contributed by atoms with E-state index in [0.717, 1.165) is 12.3 Å². The third-order valence-corrected chi connectivity index (χ3v) is 4.44. The standard InChI is InChI=1S/C16H25NOS/c1-13(12-17-14-6-4-3-5-7-14)18-15-8-10-16(19-2)11-9-15/h8-11,13-14,17H,3-7,12H2,1-2H3. The van der Waals surface area contributed by atoms with Gasteiger partial charge in [0.1, 0.15) is 11.9 Å². The van der Waals surface area contributed by atoms with Gasteiger partial charge in [0.2, 0.25) is 0 Å². The van der Waals surface area contributed by atoms with Gasteiger partial charge in [0.15, 0.2) is 0 Å².